The normalized spacial score (nSPS) is 13.1. The number of nitro groups is 1. The molecular formula is C19H22N2O3. The lowest BCUT2D eigenvalue weighted by atomic mass is 9.98. The first-order chi connectivity index (χ1) is 11.4. The van der Waals surface area contributed by atoms with Gasteiger partial charge in [-0.15, -0.1) is 0 Å². The molecule has 0 aliphatic carbocycles. The van der Waals surface area contributed by atoms with Gasteiger partial charge in [0.25, 0.3) is 5.69 Å². The molecule has 0 aliphatic rings. The van der Waals surface area contributed by atoms with Crippen LogP contribution in [0.4, 0.5) is 11.4 Å². The van der Waals surface area contributed by atoms with E-state index in [1.54, 1.807) is 19.1 Å². The molecule has 2 rings (SSSR count). The van der Waals surface area contributed by atoms with E-state index in [0.29, 0.717) is 5.92 Å². The summed E-state index contributed by atoms with van der Waals surface area (Å²) >= 11 is 0. The minimum Gasteiger partial charge on any atom is -0.326 e. The van der Waals surface area contributed by atoms with Gasteiger partial charge in [-0.1, -0.05) is 38.1 Å². The van der Waals surface area contributed by atoms with Crippen LogP contribution in [0.25, 0.3) is 0 Å². The number of non-ortho nitro benzene ring substituents is 1. The molecule has 126 valence electrons. The van der Waals surface area contributed by atoms with Gasteiger partial charge in [-0.2, -0.15) is 0 Å². The van der Waals surface area contributed by atoms with Crippen LogP contribution in [0.2, 0.25) is 0 Å². The number of hydrogen-bond donors (Lipinski definition) is 1. The molecule has 5 heteroatoms. The van der Waals surface area contributed by atoms with Crippen molar-refractivity contribution in [2.75, 3.05) is 5.32 Å². The van der Waals surface area contributed by atoms with Gasteiger partial charge in [0, 0.05) is 17.8 Å². The van der Waals surface area contributed by atoms with Crippen LogP contribution in [-0.2, 0) is 4.79 Å². The zero-order valence-electron chi connectivity index (χ0n) is 14.2. The fraction of sp³-hybridized carbons (Fsp3) is 0.316. The van der Waals surface area contributed by atoms with E-state index in [2.05, 4.69) is 19.2 Å². The number of nitrogens with one attached hydrogen (secondary N) is 1. The molecule has 0 fully saturated rings. The average molecular weight is 326 g/mol. The molecule has 0 heterocycles. The van der Waals surface area contributed by atoms with Gasteiger partial charge >= 0.3 is 0 Å². The Bertz CT molecular complexity index is 708. The number of nitrogens with zero attached hydrogens (tertiary/aromatic N) is 1. The van der Waals surface area contributed by atoms with Crippen LogP contribution in [0.5, 0.6) is 0 Å². The third-order valence-electron chi connectivity index (χ3n) is 4.36. The van der Waals surface area contributed by atoms with Gasteiger partial charge in [-0.05, 0) is 42.5 Å². The zero-order valence-corrected chi connectivity index (χ0v) is 14.2. The molecule has 1 amide bonds. The van der Waals surface area contributed by atoms with E-state index < -0.39 is 4.92 Å². The van der Waals surface area contributed by atoms with Crippen molar-refractivity contribution in [2.45, 2.75) is 39.0 Å². The summed E-state index contributed by atoms with van der Waals surface area (Å²) in [6.45, 7) is 6.10. The highest BCUT2D eigenvalue weighted by Gasteiger charge is 2.16. The predicted molar refractivity (Wildman–Crippen MR) is 95.3 cm³/mol. The largest absolute Gasteiger partial charge is 0.326 e. The Labute approximate surface area is 141 Å². The molecular weight excluding hydrogens is 304 g/mol. The number of nitro benzene ring substituents is 1. The molecule has 0 saturated heterocycles. The Morgan fingerprint density at radius 2 is 1.58 bits per heavy atom. The first-order valence-corrected chi connectivity index (χ1v) is 8.07. The van der Waals surface area contributed by atoms with Crippen LogP contribution in [0.1, 0.15) is 50.2 Å². The summed E-state index contributed by atoms with van der Waals surface area (Å²) in [5, 5.41) is 13.6. The molecule has 2 aromatic carbocycles. The van der Waals surface area contributed by atoms with Crippen molar-refractivity contribution in [3.8, 4) is 0 Å². The molecule has 24 heavy (non-hydrogen) atoms. The molecule has 2 atom stereocenters. The Morgan fingerprint density at radius 3 is 2.08 bits per heavy atom. The van der Waals surface area contributed by atoms with E-state index in [9.17, 15) is 14.9 Å². The average Bonchev–Trinajstić information content (AvgIpc) is 2.61. The Balaban J connectivity index is 2.04. The molecule has 0 spiro atoms. The number of benzene rings is 2. The van der Waals surface area contributed by atoms with Gasteiger partial charge in [-0.25, -0.2) is 0 Å². The second-order valence-electron chi connectivity index (χ2n) is 5.99. The lowest BCUT2D eigenvalue weighted by molar-refractivity contribution is -0.384. The van der Waals surface area contributed by atoms with Crippen molar-refractivity contribution in [1.29, 1.82) is 0 Å². The maximum atomic E-state index is 12.4. The Kier molecular flexibility index (Phi) is 5.68. The molecule has 0 aromatic heterocycles. The van der Waals surface area contributed by atoms with Crippen molar-refractivity contribution in [2.24, 2.45) is 0 Å². The number of amides is 1. The maximum absolute atomic E-state index is 12.4. The van der Waals surface area contributed by atoms with Crippen LogP contribution in [-0.4, -0.2) is 10.8 Å². The summed E-state index contributed by atoms with van der Waals surface area (Å²) in [5.41, 5.74) is 2.76. The SMILES string of the molecule is CC[C@@H](C)c1ccc(NC(=O)[C@H](C)c2ccc([N+](=O)[O-])cc2)cc1. The van der Waals surface area contributed by atoms with Gasteiger partial charge in [0.05, 0.1) is 10.8 Å². The number of rotatable bonds is 6. The van der Waals surface area contributed by atoms with Crippen molar-refractivity contribution in [3.05, 3.63) is 69.8 Å². The maximum Gasteiger partial charge on any atom is 0.269 e. The lowest BCUT2D eigenvalue weighted by Crippen LogP contribution is -2.18. The summed E-state index contributed by atoms with van der Waals surface area (Å²) in [6, 6.07) is 13.9. The zero-order chi connectivity index (χ0) is 17.7. The minimum atomic E-state index is -0.451. The standard InChI is InChI=1S/C19H22N2O3/c1-4-13(2)15-5-9-17(10-6-15)20-19(22)14(3)16-7-11-18(12-8-16)21(23)24/h5-14H,4H2,1-3H3,(H,20,22)/t13-,14-/m1/s1. The van der Waals surface area contributed by atoms with E-state index in [0.717, 1.165) is 17.7 Å². The summed E-state index contributed by atoms with van der Waals surface area (Å²) < 4.78 is 0. The van der Waals surface area contributed by atoms with Gasteiger partial charge in [0.1, 0.15) is 0 Å². The Morgan fingerprint density at radius 1 is 1.04 bits per heavy atom. The molecule has 2 aromatic rings. The van der Waals surface area contributed by atoms with E-state index in [1.807, 2.05) is 24.3 Å². The second kappa shape index (κ2) is 7.73. The molecule has 0 bridgehead atoms. The van der Waals surface area contributed by atoms with Crippen molar-refractivity contribution in [3.63, 3.8) is 0 Å². The monoisotopic (exact) mass is 326 g/mol. The number of carbonyl (C=O) groups excluding carboxylic acids is 1. The van der Waals surface area contributed by atoms with E-state index in [-0.39, 0.29) is 17.5 Å². The third-order valence-corrected chi connectivity index (χ3v) is 4.36. The van der Waals surface area contributed by atoms with Crippen molar-refractivity contribution < 1.29 is 9.72 Å². The van der Waals surface area contributed by atoms with Gasteiger partial charge in [-0.3, -0.25) is 14.9 Å². The highest BCUT2D eigenvalue weighted by atomic mass is 16.6. The number of anilines is 1. The number of hydrogen-bond acceptors (Lipinski definition) is 3. The summed E-state index contributed by atoms with van der Waals surface area (Å²) in [7, 11) is 0. The number of carbonyl (C=O) groups is 1. The topological polar surface area (TPSA) is 72.2 Å². The molecule has 0 unspecified atom stereocenters. The molecule has 5 nitrogen and oxygen atoms in total. The van der Waals surface area contributed by atoms with E-state index in [4.69, 9.17) is 0 Å². The van der Waals surface area contributed by atoms with Crippen molar-refractivity contribution in [1.82, 2.24) is 0 Å². The van der Waals surface area contributed by atoms with E-state index in [1.165, 1.54) is 17.7 Å². The third kappa shape index (κ3) is 4.19. The molecule has 1 N–H and O–H groups in total. The van der Waals surface area contributed by atoms with Crippen LogP contribution in [0, 0.1) is 10.1 Å². The van der Waals surface area contributed by atoms with Crippen molar-refractivity contribution >= 4 is 17.3 Å². The fourth-order valence-electron chi connectivity index (χ4n) is 2.42. The summed E-state index contributed by atoms with van der Waals surface area (Å²) in [5.74, 6) is -0.0334. The smallest absolute Gasteiger partial charge is 0.269 e. The summed E-state index contributed by atoms with van der Waals surface area (Å²) in [6.07, 6.45) is 1.07. The quantitative estimate of drug-likeness (QED) is 0.609. The lowest BCUT2D eigenvalue weighted by Gasteiger charge is -2.14. The van der Waals surface area contributed by atoms with Gasteiger partial charge < -0.3 is 5.32 Å². The molecule has 0 aliphatic heterocycles. The van der Waals surface area contributed by atoms with Crippen LogP contribution in [0.3, 0.4) is 0 Å². The molecule has 0 radical (unpaired) electrons. The predicted octanol–water partition coefficient (Wildman–Crippen LogP) is 4.85. The van der Waals surface area contributed by atoms with Crippen LogP contribution >= 0.6 is 0 Å². The highest BCUT2D eigenvalue weighted by molar-refractivity contribution is 5.95. The van der Waals surface area contributed by atoms with Gasteiger partial charge in [0.2, 0.25) is 5.91 Å². The minimum absolute atomic E-state index is 0.0204. The first kappa shape index (κ1) is 17.7. The fourth-order valence-corrected chi connectivity index (χ4v) is 2.42. The van der Waals surface area contributed by atoms with Gasteiger partial charge in [0.15, 0.2) is 0 Å². The molecule has 0 saturated carbocycles. The first-order valence-electron chi connectivity index (χ1n) is 8.07. The van der Waals surface area contributed by atoms with Crippen LogP contribution < -0.4 is 5.32 Å². The second-order valence-corrected chi connectivity index (χ2v) is 5.99. The van der Waals surface area contributed by atoms with Crippen LogP contribution in [0.15, 0.2) is 48.5 Å². The highest BCUT2D eigenvalue weighted by Crippen LogP contribution is 2.23. The van der Waals surface area contributed by atoms with E-state index >= 15 is 0 Å². The Hall–Kier alpha value is -2.69. The summed E-state index contributed by atoms with van der Waals surface area (Å²) in [4.78, 5) is 22.6.